The Morgan fingerprint density at radius 3 is 2.56 bits per heavy atom. The van der Waals surface area contributed by atoms with E-state index in [0.717, 1.165) is 42.3 Å². The second-order valence-electron chi connectivity index (χ2n) is 9.20. The molecule has 6 heteroatoms. The number of nitrogens with one attached hydrogen (secondary N) is 2. The molecule has 32 heavy (non-hydrogen) atoms. The third-order valence-corrected chi connectivity index (χ3v) is 6.90. The monoisotopic (exact) mass is 426 g/mol. The summed E-state index contributed by atoms with van der Waals surface area (Å²) in [6, 6.07) is 13.2. The molecule has 2 saturated heterocycles. The van der Waals surface area contributed by atoms with Gasteiger partial charge in [-0.3, -0.25) is 15.0 Å². The van der Waals surface area contributed by atoms with Crippen molar-refractivity contribution in [1.82, 2.24) is 25.1 Å². The molecule has 2 aliphatic rings. The van der Waals surface area contributed by atoms with Gasteiger partial charge in [0, 0.05) is 54.2 Å². The predicted molar refractivity (Wildman–Crippen MR) is 130 cm³/mol. The highest BCUT2D eigenvalue weighted by Crippen LogP contribution is 2.33. The second kappa shape index (κ2) is 8.43. The number of pyridine rings is 1. The molecule has 6 rings (SSSR count). The first-order valence-corrected chi connectivity index (χ1v) is 11.9. The summed E-state index contributed by atoms with van der Waals surface area (Å²) in [7, 11) is 0. The molecule has 0 bridgehead atoms. The first-order valence-electron chi connectivity index (χ1n) is 11.9. The van der Waals surface area contributed by atoms with Crippen molar-refractivity contribution in [1.29, 1.82) is 0 Å². The van der Waals surface area contributed by atoms with Gasteiger partial charge in [-0.15, -0.1) is 0 Å². The number of rotatable bonds is 5. The number of piperidine rings is 1. The van der Waals surface area contributed by atoms with Gasteiger partial charge in [-0.25, -0.2) is 0 Å². The van der Waals surface area contributed by atoms with E-state index in [0.29, 0.717) is 0 Å². The molecule has 0 spiro atoms. The quantitative estimate of drug-likeness (QED) is 0.460. The van der Waals surface area contributed by atoms with Crippen molar-refractivity contribution in [3.8, 4) is 22.6 Å². The van der Waals surface area contributed by atoms with Crippen molar-refractivity contribution in [2.45, 2.75) is 38.6 Å². The van der Waals surface area contributed by atoms with E-state index < -0.39 is 0 Å². The van der Waals surface area contributed by atoms with Gasteiger partial charge in [-0.2, -0.15) is 5.10 Å². The molecule has 0 aliphatic carbocycles. The lowest BCUT2D eigenvalue weighted by molar-refractivity contribution is 0.331. The Morgan fingerprint density at radius 1 is 0.844 bits per heavy atom. The summed E-state index contributed by atoms with van der Waals surface area (Å²) in [6.45, 7) is 5.65. The predicted octanol–water partition coefficient (Wildman–Crippen LogP) is 5.21. The molecule has 0 unspecified atom stereocenters. The maximum absolute atomic E-state index is 4.61. The van der Waals surface area contributed by atoms with Crippen molar-refractivity contribution in [2.24, 2.45) is 0 Å². The van der Waals surface area contributed by atoms with Crippen molar-refractivity contribution in [3.05, 3.63) is 54.4 Å². The number of likely N-dealkylation sites (tertiary alicyclic amines) is 1. The lowest BCUT2D eigenvalue weighted by Gasteiger charge is -2.29. The Bertz CT molecular complexity index is 1210. The second-order valence-corrected chi connectivity index (χ2v) is 9.20. The summed E-state index contributed by atoms with van der Waals surface area (Å²) >= 11 is 0. The number of benzene rings is 1. The molecule has 4 aromatic rings. The Labute approximate surface area is 188 Å². The van der Waals surface area contributed by atoms with E-state index in [1.54, 1.807) is 0 Å². The van der Waals surface area contributed by atoms with Crippen LogP contribution in [0.3, 0.4) is 0 Å². The Balaban J connectivity index is 1.28. The van der Waals surface area contributed by atoms with Crippen LogP contribution in [0, 0.1) is 0 Å². The van der Waals surface area contributed by atoms with E-state index in [2.05, 4.69) is 66.4 Å². The van der Waals surface area contributed by atoms with Gasteiger partial charge in [0.25, 0.3) is 0 Å². The maximum Gasteiger partial charge on any atom is 0.0943 e. The van der Waals surface area contributed by atoms with Crippen LogP contribution < -0.4 is 4.90 Å². The highest BCUT2D eigenvalue weighted by molar-refractivity contribution is 5.96. The van der Waals surface area contributed by atoms with Crippen LogP contribution in [0.1, 0.15) is 37.7 Å². The third-order valence-electron chi connectivity index (χ3n) is 6.90. The minimum Gasteiger partial charge on any atom is -0.371 e. The zero-order valence-corrected chi connectivity index (χ0v) is 18.5. The fraction of sp³-hybridized carbons (Fsp3) is 0.385. The number of hydrogen-bond acceptors (Lipinski definition) is 4. The molecule has 3 aromatic heterocycles. The van der Waals surface area contributed by atoms with Crippen LogP contribution in [-0.4, -0.2) is 51.2 Å². The summed E-state index contributed by atoms with van der Waals surface area (Å²) in [4.78, 5) is 13.1. The van der Waals surface area contributed by atoms with Gasteiger partial charge in [0.15, 0.2) is 0 Å². The van der Waals surface area contributed by atoms with Crippen molar-refractivity contribution in [3.63, 3.8) is 0 Å². The molecule has 0 amide bonds. The molecule has 164 valence electrons. The first kappa shape index (κ1) is 19.6. The summed E-state index contributed by atoms with van der Waals surface area (Å²) < 4.78 is 0. The average Bonchev–Trinajstić information content (AvgIpc) is 3.60. The van der Waals surface area contributed by atoms with Crippen LogP contribution >= 0.6 is 0 Å². The smallest absolute Gasteiger partial charge is 0.0943 e. The lowest BCUT2D eigenvalue weighted by atomic mass is 10.1. The standard InChI is InChI=1S/C26H30N6/c1-2-11-32(12-3-1)26-8-6-7-22-21(26)14-24(28-22)25-15-23(29-30-25)20-13-19(16-27-17-20)18-31-9-4-5-10-31/h6-8,13-17,28H,1-5,9-12,18H2,(H,29,30). The SMILES string of the molecule is c1cc(N2CCCCC2)c2cc(-c3cc(-c4cncc(CN5CCCC5)c4)n[nH]3)[nH]c2c1. The fourth-order valence-corrected chi connectivity index (χ4v) is 5.22. The fourth-order valence-electron chi connectivity index (χ4n) is 5.22. The van der Waals surface area contributed by atoms with E-state index in [1.807, 2.05) is 12.4 Å². The third kappa shape index (κ3) is 3.79. The zero-order valence-electron chi connectivity index (χ0n) is 18.5. The van der Waals surface area contributed by atoms with Gasteiger partial charge in [0.1, 0.15) is 0 Å². The maximum atomic E-state index is 4.61. The van der Waals surface area contributed by atoms with Gasteiger partial charge in [-0.1, -0.05) is 6.07 Å². The normalized spacial score (nSPS) is 17.4. The van der Waals surface area contributed by atoms with Crippen LogP contribution in [0.5, 0.6) is 0 Å². The van der Waals surface area contributed by atoms with Crippen LogP contribution in [0.25, 0.3) is 33.5 Å². The van der Waals surface area contributed by atoms with Crippen molar-refractivity contribution >= 4 is 16.6 Å². The molecule has 2 fully saturated rings. The van der Waals surface area contributed by atoms with E-state index in [1.165, 1.54) is 67.3 Å². The molecule has 2 aliphatic heterocycles. The minimum absolute atomic E-state index is 0.936. The first-order chi connectivity index (χ1) is 15.8. The van der Waals surface area contributed by atoms with Crippen LogP contribution in [-0.2, 0) is 6.54 Å². The summed E-state index contributed by atoms with van der Waals surface area (Å²) in [5, 5.41) is 9.14. The van der Waals surface area contributed by atoms with E-state index in [9.17, 15) is 0 Å². The Kier molecular flexibility index (Phi) is 5.15. The summed E-state index contributed by atoms with van der Waals surface area (Å²) in [5.74, 6) is 0. The van der Waals surface area contributed by atoms with E-state index >= 15 is 0 Å². The topological polar surface area (TPSA) is 63.8 Å². The number of nitrogens with zero attached hydrogens (tertiary/aromatic N) is 4. The van der Waals surface area contributed by atoms with Gasteiger partial charge >= 0.3 is 0 Å². The highest BCUT2D eigenvalue weighted by atomic mass is 15.1. The average molecular weight is 427 g/mol. The number of aromatic nitrogens is 4. The number of hydrogen-bond donors (Lipinski definition) is 2. The largest absolute Gasteiger partial charge is 0.371 e. The Hall–Kier alpha value is -3.12. The zero-order chi connectivity index (χ0) is 21.3. The molecule has 1 aromatic carbocycles. The van der Waals surface area contributed by atoms with Crippen LogP contribution in [0.2, 0.25) is 0 Å². The van der Waals surface area contributed by atoms with Crippen molar-refractivity contribution < 1.29 is 0 Å². The van der Waals surface area contributed by atoms with Gasteiger partial charge < -0.3 is 9.88 Å². The summed E-state index contributed by atoms with van der Waals surface area (Å²) in [5.41, 5.74) is 7.85. The Morgan fingerprint density at radius 2 is 1.69 bits per heavy atom. The molecular weight excluding hydrogens is 396 g/mol. The van der Waals surface area contributed by atoms with Crippen LogP contribution in [0.4, 0.5) is 5.69 Å². The molecule has 6 nitrogen and oxygen atoms in total. The number of anilines is 1. The molecule has 0 radical (unpaired) electrons. The van der Waals surface area contributed by atoms with Crippen molar-refractivity contribution in [2.75, 3.05) is 31.1 Å². The molecule has 0 saturated carbocycles. The van der Waals surface area contributed by atoms with E-state index in [-0.39, 0.29) is 0 Å². The molecule has 2 N–H and O–H groups in total. The number of aromatic amines is 2. The number of H-pyrrole nitrogens is 2. The molecule has 0 atom stereocenters. The number of fused-ring (bicyclic) bond motifs is 1. The van der Waals surface area contributed by atoms with Gasteiger partial charge in [0.05, 0.1) is 17.1 Å². The minimum atomic E-state index is 0.936. The van der Waals surface area contributed by atoms with E-state index in [4.69, 9.17) is 0 Å². The summed E-state index contributed by atoms with van der Waals surface area (Å²) in [6.07, 6.45) is 10.4. The molecule has 5 heterocycles. The van der Waals surface area contributed by atoms with Gasteiger partial charge in [0.2, 0.25) is 0 Å². The molecular formula is C26H30N6. The van der Waals surface area contributed by atoms with Gasteiger partial charge in [-0.05, 0) is 81.1 Å². The highest BCUT2D eigenvalue weighted by Gasteiger charge is 2.17. The lowest BCUT2D eigenvalue weighted by Crippen LogP contribution is -2.29. The van der Waals surface area contributed by atoms with Crippen LogP contribution in [0.15, 0.2) is 48.8 Å².